The van der Waals surface area contributed by atoms with E-state index < -0.39 is 33.8 Å². The zero-order valence-corrected chi connectivity index (χ0v) is 24.9. The Hall–Kier alpha value is -0.0500. The van der Waals surface area contributed by atoms with Gasteiger partial charge in [0.05, 0.1) is 10.5 Å². The number of aliphatic hydroxyl groups is 3. The molecule has 0 aliphatic rings. The largest absolute Gasteiger partial charge is 0.393 e. The number of rotatable bonds is 26. The van der Waals surface area contributed by atoms with E-state index in [1.807, 2.05) is 29.5 Å². The zero-order valence-electron chi connectivity index (χ0n) is 22.7. The molecule has 0 bridgehead atoms. The van der Waals surface area contributed by atoms with Gasteiger partial charge in [-0.2, -0.15) is 0 Å². The maximum atomic E-state index is 12.5. The number of unbranched alkanes of at least 4 members (excludes halogenated alkanes) is 17. The molecule has 0 saturated heterocycles. The number of carbonyl (C=O) groups excluding carboxylic acids is 2. The zero-order chi connectivity index (χ0) is 26.4. The van der Waals surface area contributed by atoms with E-state index in [4.69, 9.17) is 0 Å². The molecule has 208 valence electrons. The standard InChI is InChI=1S/C29H55IO5/c1-3-5-7-8-9-10-11-12-13-14-15-16-17-18-19-20-21-23-26(32)29(35,24-31)28(34)27(33)25(30)22-6-4-2/h25,28,31,34-35H,3-24H2,1-2H3. The van der Waals surface area contributed by atoms with Crippen molar-refractivity contribution in [2.45, 2.75) is 164 Å². The molecule has 3 unspecified atom stereocenters. The number of halogens is 1. The van der Waals surface area contributed by atoms with E-state index in [1.54, 1.807) is 0 Å². The lowest BCUT2D eigenvalue weighted by Gasteiger charge is -2.30. The van der Waals surface area contributed by atoms with Crippen LogP contribution in [0.2, 0.25) is 0 Å². The molecule has 0 radical (unpaired) electrons. The quantitative estimate of drug-likeness (QED) is 0.0545. The first-order chi connectivity index (χ1) is 16.8. The molecule has 0 saturated carbocycles. The van der Waals surface area contributed by atoms with Gasteiger partial charge in [0.15, 0.2) is 23.3 Å². The maximum Gasteiger partial charge on any atom is 0.178 e. The van der Waals surface area contributed by atoms with E-state index in [0.29, 0.717) is 12.8 Å². The van der Waals surface area contributed by atoms with Crippen molar-refractivity contribution in [3.8, 4) is 0 Å². The molecule has 0 aliphatic carbocycles. The summed E-state index contributed by atoms with van der Waals surface area (Å²) < 4.78 is -0.478. The van der Waals surface area contributed by atoms with E-state index in [2.05, 4.69) is 6.92 Å². The summed E-state index contributed by atoms with van der Waals surface area (Å²) in [4.78, 5) is 24.9. The molecule has 0 aromatic heterocycles. The fraction of sp³-hybridized carbons (Fsp3) is 0.931. The molecular weight excluding hydrogens is 555 g/mol. The van der Waals surface area contributed by atoms with Gasteiger partial charge in [-0.3, -0.25) is 9.59 Å². The second-order valence-electron chi connectivity index (χ2n) is 10.3. The maximum absolute atomic E-state index is 12.5. The average molecular weight is 611 g/mol. The molecule has 0 heterocycles. The van der Waals surface area contributed by atoms with Gasteiger partial charge < -0.3 is 15.3 Å². The lowest BCUT2D eigenvalue weighted by molar-refractivity contribution is -0.165. The van der Waals surface area contributed by atoms with Gasteiger partial charge in [0.1, 0.15) is 0 Å². The molecule has 35 heavy (non-hydrogen) atoms. The van der Waals surface area contributed by atoms with Crippen LogP contribution in [-0.2, 0) is 9.59 Å². The highest BCUT2D eigenvalue weighted by atomic mass is 127. The number of carbonyl (C=O) groups is 2. The van der Waals surface area contributed by atoms with Gasteiger partial charge in [0, 0.05) is 6.42 Å². The molecule has 3 atom stereocenters. The first-order valence-electron chi connectivity index (χ1n) is 14.6. The Bertz CT molecular complexity index is 527. The van der Waals surface area contributed by atoms with E-state index >= 15 is 0 Å². The van der Waals surface area contributed by atoms with Crippen LogP contribution in [0, 0.1) is 0 Å². The van der Waals surface area contributed by atoms with Crippen LogP contribution in [0.4, 0.5) is 0 Å². The fourth-order valence-corrected chi connectivity index (χ4v) is 5.27. The monoisotopic (exact) mass is 610 g/mol. The van der Waals surface area contributed by atoms with Gasteiger partial charge in [0.25, 0.3) is 0 Å². The van der Waals surface area contributed by atoms with E-state index in [-0.39, 0.29) is 6.42 Å². The molecule has 3 N–H and O–H groups in total. The van der Waals surface area contributed by atoms with Crippen molar-refractivity contribution in [3.05, 3.63) is 0 Å². The van der Waals surface area contributed by atoms with Gasteiger partial charge in [-0.25, -0.2) is 0 Å². The number of hydrogen-bond acceptors (Lipinski definition) is 5. The van der Waals surface area contributed by atoms with Crippen molar-refractivity contribution in [2.75, 3.05) is 6.61 Å². The minimum atomic E-state index is -2.39. The van der Waals surface area contributed by atoms with E-state index in [9.17, 15) is 24.9 Å². The Kier molecular flexibility index (Phi) is 23.1. The van der Waals surface area contributed by atoms with Crippen molar-refractivity contribution in [3.63, 3.8) is 0 Å². The minimum absolute atomic E-state index is 0.0703. The molecule has 0 fully saturated rings. The lowest BCUT2D eigenvalue weighted by Crippen LogP contribution is -2.57. The van der Waals surface area contributed by atoms with Crippen LogP contribution >= 0.6 is 22.6 Å². The van der Waals surface area contributed by atoms with Crippen LogP contribution < -0.4 is 0 Å². The summed E-state index contributed by atoms with van der Waals surface area (Å²) in [6.07, 6.45) is 21.8. The molecule has 0 rings (SSSR count). The Morgan fingerprint density at radius 1 is 0.686 bits per heavy atom. The first kappa shape index (κ1) is 35.0. The predicted molar refractivity (Wildman–Crippen MR) is 154 cm³/mol. The third-order valence-electron chi connectivity index (χ3n) is 7.07. The molecular formula is C29H55IO5. The van der Waals surface area contributed by atoms with Gasteiger partial charge >= 0.3 is 0 Å². The molecule has 5 nitrogen and oxygen atoms in total. The van der Waals surface area contributed by atoms with Gasteiger partial charge in [-0.15, -0.1) is 0 Å². The summed E-state index contributed by atoms with van der Waals surface area (Å²) in [7, 11) is 0. The van der Waals surface area contributed by atoms with Crippen LogP contribution in [0.25, 0.3) is 0 Å². The Labute approximate surface area is 229 Å². The molecule has 0 spiro atoms. The van der Waals surface area contributed by atoms with Gasteiger partial charge in [-0.05, 0) is 12.8 Å². The van der Waals surface area contributed by atoms with Crippen molar-refractivity contribution in [1.82, 2.24) is 0 Å². The van der Waals surface area contributed by atoms with Gasteiger partial charge in [0.2, 0.25) is 0 Å². The number of alkyl halides is 1. The number of Topliss-reactive ketones (excluding diaryl/α,β-unsaturated/α-hetero) is 2. The molecule has 0 aromatic carbocycles. The Morgan fingerprint density at radius 2 is 1.06 bits per heavy atom. The minimum Gasteiger partial charge on any atom is -0.393 e. The Morgan fingerprint density at radius 3 is 1.43 bits per heavy atom. The summed E-state index contributed by atoms with van der Waals surface area (Å²) in [5, 5.41) is 30.5. The number of aliphatic hydroxyl groups excluding tert-OH is 2. The lowest BCUT2D eigenvalue weighted by atomic mass is 9.86. The van der Waals surface area contributed by atoms with Crippen LogP contribution in [0.5, 0.6) is 0 Å². The van der Waals surface area contributed by atoms with Crippen molar-refractivity contribution in [2.24, 2.45) is 0 Å². The SMILES string of the molecule is CCCCCCCCCCCCCCCCCCCC(=O)C(O)(CO)C(O)C(=O)C(I)CCCC. The third-order valence-corrected chi connectivity index (χ3v) is 8.31. The molecule has 6 heteroatoms. The molecule has 0 aliphatic heterocycles. The predicted octanol–water partition coefficient (Wildman–Crippen LogP) is 7.24. The normalized spacial score (nSPS) is 15.0. The van der Waals surface area contributed by atoms with E-state index in [1.165, 1.54) is 83.5 Å². The number of hydrogen-bond donors (Lipinski definition) is 3. The smallest absolute Gasteiger partial charge is 0.178 e. The molecule has 0 aromatic rings. The highest BCUT2D eigenvalue weighted by Crippen LogP contribution is 2.23. The van der Waals surface area contributed by atoms with Crippen molar-refractivity contribution < 1.29 is 24.9 Å². The van der Waals surface area contributed by atoms with Crippen molar-refractivity contribution >= 4 is 34.2 Å². The Balaban J connectivity index is 3.82. The van der Waals surface area contributed by atoms with Crippen molar-refractivity contribution in [1.29, 1.82) is 0 Å². The van der Waals surface area contributed by atoms with Crippen LogP contribution in [-0.4, -0.2) is 49.1 Å². The molecule has 0 amide bonds. The van der Waals surface area contributed by atoms with Crippen LogP contribution in [0.1, 0.15) is 149 Å². The third kappa shape index (κ3) is 16.4. The summed E-state index contributed by atoms with van der Waals surface area (Å²) in [6, 6.07) is 0. The van der Waals surface area contributed by atoms with Crippen LogP contribution in [0.3, 0.4) is 0 Å². The van der Waals surface area contributed by atoms with Gasteiger partial charge in [-0.1, -0.05) is 152 Å². The highest BCUT2D eigenvalue weighted by Gasteiger charge is 2.46. The average Bonchev–Trinajstić information content (AvgIpc) is 2.87. The second-order valence-corrected chi connectivity index (χ2v) is 11.8. The first-order valence-corrected chi connectivity index (χ1v) is 15.8. The summed E-state index contributed by atoms with van der Waals surface area (Å²) in [5.41, 5.74) is -2.39. The van der Waals surface area contributed by atoms with Crippen LogP contribution in [0.15, 0.2) is 0 Å². The summed E-state index contributed by atoms with van der Waals surface area (Å²) in [6.45, 7) is 3.34. The number of ketones is 2. The highest BCUT2D eigenvalue weighted by molar-refractivity contribution is 14.1. The summed E-state index contributed by atoms with van der Waals surface area (Å²) >= 11 is 1.94. The fourth-order valence-electron chi connectivity index (χ4n) is 4.49. The second kappa shape index (κ2) is 23.1. The topological polar surface area (TPSA) is 94.8 Å². The summed E-state index contributed by atoms with van der Waals surface area (Å²) in [5.74, 6) is -1.22. The van der Waals surface area contributed by atoms with E-state index in [0.717, 1.165) is 32.1 Å².